The summed E-state index contributed by atoms with van der Waals surface area (Å²) in [4.78, 5) is 25.1. The van der Waals surface area contributed by atoms with Crippen LogP contribution in [0.3, 0.4) is 0 Å². The summed E-state index contributed by atoms with van der Waals surface area (Å²) in [6.45, 7) is 3.22. The quantitative estimate of drug-likeness (QED) is 0.642. The Bertz CT molecular complexity index is 499. The van der Waals surface area contributed by atoms with Crippen molar-refractivity contribution in [1.82, 2.24) is 10.4 Å². The third-order valence-electron chi connectivity index (χ3n) is 3.39. The van der Waals surface area contributed by atoms with Crippen molar-refractivity contribution in [3.63, 3.8) is 0 Å². The molecule has 2 rings (SSSR count). The average molecular weight is 262 g/mol. The highest BCUT2D eigenvalue weighted by molar-refractivity contribution is 5.93. The first-order chi connectivity index (χ1) is 9.15. The van der Waals surface area contributed by atoms with E-state index >= 15 is 0 Å². The van der Waals surface area contributed by atoms with Gasteiger partial charge in [0.1, 0.15) is 0 Å². The first-order valence-electron chi connectivity index (χ1n) is 6.49. The Morgan fingerprint density at radius 2 is 2.05 bits per heavy atom. The number of fused-ring (bicyclic) bond motifs is 1. The highest BCUT2D eigenvalue weighted by Crippen LogP contribution is 2.24. The van der Waals surface area contributed by atoms with Gasteiger partial charge >= 0.3 is 0 Å². The van der Waals surface area contributed by atoms with Gasteiger partial charge in [-0.05, 0) is 29.7 Å². The molecule has 1 aliphatic heterocycles. The monoisotopic (exact) mass is 262 g/mol. The van der Waals surface area contributed by atoms with Gasteiger partial charge in [-0.15, -0.1) is 0 Å². The summed E-state index contributed by atoms with van der Waals surface area (Å²) >= 11 is 0. The molecule has 1 heterocycles. The third kappa shape index (κ3) is 2.93. The fraction of sp³-hybridized carbons (Fsp3) is 0.429. The van der Waals surface area contributed by atoms with E-state index in [9.17, 15) is 9.59 Å². The summed E-state index contributed by atoms with van der Waals surface area (Å²) < 4.78 is 0. The number of hydrogen-bond acceptors (Lipinski definition) is 3. The van der Waals surface area contributed by atoms with Crippen LogP contribution in [0.2, 0.25) is 0 Å². The van der Waals surface area contributed by atoms with Crippen LogP contribution in [0, 0.1) is 0 Å². The number of carbonyl (C=O) groups is 2. The zero-order valence-corrected chi connectivity index (χ0v) is 11.0. The van der Waals surface area contributed by atoms with Gasteiger partial charge in [0.15, 0.2) is 0 Å². The SMILES string of the molecule is CCCCC(=O)N1Cc2ccc(C(=O)NO)cc2C1. The predicted octanol–water partition coefficient (Wildman–Crippen LogP) is 1.84. The minimum Gasteiger partial charge on any atom is -0.334 e. The Morgan fingerprint density at radius 1 is 1.32 bits per heavy atom. The zero-order chi connectivity index (χ0) is 13.8. The number of hydrogen-bond donors (Lipinski definition) is 2. The standard InChI is InChI=1S/C14H18N2O3/c1-2-3-4-13(17)16-8-11-6-5-10(14(18)15-19)7-12(11)9-16/h5-7,19H,2-4,8-9H2,1H3,(H,15,18). The Morgan fingerprint density at radius 3 is 2.74 bits per heavy atom. The summed E-state index contributed by atoms with van der Waals surface area (Å²) in [5.74, 6) is -0.371. The molecule has 5 nitrogen and oxygen atoms in total. The summed E-state index contributed by atoms with van der Waals surface area (Å²) in [5, 5.41) is 8.61. The Labute approximate surface area is 112 Å². The summed E-state index contributed by atoms with van der Waals surface area (Å²) in [5.41, 5.74) is 4.07. The van der Waals surface area contributed by atoms with Crippen LogP contribution in [0.4, 0.5) is 0 Å². The average Bonchev–Trinajstić information content (AvgIpc) is 2.86. The Kier molecular flexibility index (Phi) is 4.16. The molecule has 102 valence electrons. The minimum absolute atomic E-state index is 0.159. The van der Waals surface area contributed by atoms with Crippen LogP contribution in [-0.4, -0.2) is 21.9 Å². The lowest BCUT2D eigenvalue weighted by molar-refractivity contribution is -0.131. The lowest BCUT2D eigenvalue weighted by atomic mass is 10.1. The molecule has 2 N–H and O–H groups in total. The number of hydroxylamine groups is 1. The van der Waals surface area contributed by atoms with Crippen LogP contribution >= 0.6 is 0 Å². The third-order valence-corrected chi connectivity index (χ3v) is 3.39. The van der Waals surface area contributed by atoms with Gasteiger partial charge in [0.25, 0.3) is 5.91 Å². The van der Waals surface area contributed by atoms with E-state index in [0.29, 0.717) is 25.1 Å². The van der Waals surface area contributed by atoms with E-state index in [-0.39, 0.29) is 5.91 Å². The molecule has 0 unspecified atom stereocenters. The molecule has 1 aromatic carbocycles. The molecular formula is C14H18N2O3. The Balaban J connectivity index is 2.07. The summed E-state index contributed by atoms with van der Waals surface area (Å²) in [6, 6.07) is 5.23. The number of carbonyl (C=O) groups excluding carboxylic acids is 2. The number of nitrogens with zero attached hydrogens (tertiary/aromatic N) is 1. The molecule has 0 radical (unpaired) electrons. The van der Waals surface area contributed by atoms with Crippen molar-refractivity contribution in [2.45, 2.75) is 39.3 Å². The van der Waals surface area contributed by atoms with Crippen LogP contribution in [-0.2, 0) is 17.9 Å². The molecule has 0 saturated heterocycles. The number of nitrogens with one attached hydrogen (secondary N) is 1. The van der Waals surface area contributed by atoms with Gasteiger partial charge < -0.3 is 4.90 Å². The van der Waals surface area contributed by atoms with Gasteiger partial charge in [-0.25, -0.2) is 5.48 Å². The molecule has 0 atom stereocenters. The Hall–Kier alpha value is -1.88. The maximum atomic E-state index is 12.0. The first-order valence-corrected chi connectivity index (χ1v) is 6.49. The van der Waals surface area contributed by atoms with Crippen molar-refractivity contribution < 1.29 is 14.8 Å². The number of amides is 2. The van der Waals surface area contributed by atoms with Crippen LogP contribution in [0.15, 0.2) is 18.2 Å². The molecule has 5 heteroatoms. The van der Waals surface area contributed by atoms with Crippen molar-refractivity contribution >= 4 is 11.8 Å². The lowest BCUT2D eigenvalue weighted by Gasteiger charge is -2.14. The van der Waals surface area contributed by atoms with Gasteiger partial charge in [-0.1, -0.05) is 19.4 Å². The van der Waals surface area contributed by atoms with E-state index in [1.165, 1.54) is 0 Å². The predicted molar refractivity (Wildman–Crippen MR) is 69.5 cm³/mol. The van der Waals surface area contributed by atoms with Crippen LogP contribution in [0.1, 0.15) is 47.7 Å². The number of benzene rings is 1. The topological polar surface area (TPSA) is 69.6 Å². The maximum Gasteiger partial charge on any atom is 0.274 e. The van der Waals surface area contributed by atoms with E-state index < -0.39 is 5.91 Å². The van der Waals surface area contributed by atoms with E-state index in [4.69, 9.17) is 5.21 Å². The van der Waals surface area contributed by atoms with E-state index in [0.717, 1.165) is 24.0 Å². The van der Waals surface area contributed by atoms with Gasteiger partial charge in [-0.2, -0.15) is 0 Å². The fourth-order valence-electron chi connectivity index (χ4n) is 2.26. The second-order valence-corrected chi connectivity index (χ2v) is 4.78. The maximum absolute atomic E-state index is 12.0. The molecule has 0 fully saturated rings. The van der Waals surface area contributed by atoms with Gasteiger partial charge in [0.05, 0.1) is 0 Å². The van der Waals surface area contributed by atoms with Crippen molar-refractivity contribution in [2.75, 3.05) is 0 Å². The molecule has 1 aliphatic rings. The summed E-state index contributed by atoms with van der Waals surface area (Å²) in [6.07, 6.45) is 2.49. The molecule has 0 aliphatic carbocycles. The fourth-order valence-corrected chi connectivity index (χ4v) is 2.26. The highest BCUT2D eigenvalue weighted by Gasteiger charge is 2.23. The van der Waals surface area contributed by atoms with Gasteiger partial charge in [-0.3, -0.25) is 14.8 Å². The first kappa shape index (κ1) is 13.5. The molecular weight excluding hydrogens is 244 g/mol. The van der Waals surface area contributed by atoms with Gasteiger partial charge in [0, 0.05) is 25.1 Å². The summed E-state index contributed by atoms with van der Waals surface area (Å²) in [7, 11) is 0. The molecule has 1 aromatic rings. The van der Waals surface area contributed by atoms with Crippen molar-refractivity contribution in [3.05, 3.63) is 34.9 Å². The molecule has 0 bridgehead atoms. The van der Waals surface area contributed by atoms with Crippen molar-refractivity contribution in [1.29, 1.82) is 0 Å². The molecule has 0 aromatic heterocycles. The zero-order valence-electron chi connectivity index (χ0n) is 11.0. The lowest BCUT2D eigenvalue weighted by Crippen LogP contribution is -2.24. The van der Waals surface area contributed by atoms with Crippen LogP contribution in [0.25, 0.3) is 0 Å². The second kappa shape index (κ2) is 5.84. The molecule has 0 spiro atoms. The normalized spacial score (nSPS) is 13.3. The number of rotatable bonds is 4. The highest BCUT2D eigenvalue weighted by atomic mass is 16.5. The smallest absolute Gasteiger partial charge is 0.274 e. The van der Waals surface area contributed by atoms with Gasteiger partial charge in [0.2, 0.25) is 5.91 Å². The largest absolute Gasteiger partial charge is 0.334 e. The van der Waals surface area contributed by atoms with E-state index in [1.807, 2.05) is 6.07 Å². The molecule has 2 amide bonds. The van der Waals surface area contributed by atoms with Crippen LogP contribution < -0.4 is 5.48 Å². The van der Waals surface area contributed by atoms with E-state index in [2.05, 4.69) is 6.92 Å². The van der Waals surface area contributed by atoms with Crippen molar-refractivity contribution in [2.24, 2.45) is 0 Å². The molecule has 19 heavy (non-hydrogen) atoms. The van der Waals surface area contributed by atoms with Crippen LogP contribution in [0.5, 0.6) is 0 Å². The van der Waals surface area contributed by atoms with E-state index in [1.54, 1.807) is 22.5 Å². The van der Waals surface area contributed by atoms with Crippen molar-refractivity contribution in [3.8, 4) is 0 Å². The second-order valence-electron chi connectivity index (χ2n) is 4.78. The minimum atomic E-state index is -0.529. The molecule has 0 saturated carbocycles. The number of unbranched alkanes of at least 4 members (excludes halogenated alkanes) is 1.